The first-order valence-electron chi connectivity index (χ1n) is 6.65. The van der Waals surface area contributed by atoms with Gasteiger partial charge in [-0.2, -0.15) is 11.8 Å². The van der Waals surface area contributed by atoms with E-state index in [1.807, 2.05) is 36.0 Å². The SMILES string of the molecule is Cl.Nc1cccc(CC(=O)NCCN2CCSCC2)c1. The Morgan fingerprint density at radius 2 is 2.10 bits per heavy atom. The molecular formula is C14H22ClN3OS. The monoisotopic (exact) mass is 315 g/mol. The van der Waals surface area contributed by atoms with Crippen LogP contribution in [0.15, 0.2) is 24.3 Å². The lowest BCUT2D eigenvalue weighted by Crippen LogP contribution is -2.39. The number of halogens is 1. The van der Waals surface area contributed by atoms with Gasteiger partial charge in [-0.1, -0.05) is 12.1 Å². The first kappa shape index (κ1) is 17.1. The Balaban J connectivity index is 0.00000200. The summed E-state index contributed by atoms with van der Waals surface area (Å²) in [5, 5.41) is 2.97. The van der Waals surface area contributed by atoms with Crippen LogP contribution in [-0.4, -0.2) is 48.5 Å². The molecule has 1 fully saturated rings. The lowest BCUT2D eigenvalue weighted by molar-refractivity contribution is -0.120. The number of nitrogen functional groups attached to an aromatic ring is 1. The third-order valence-corrected chi connectivity index (χ3v) is 4.11. The van der Waals surface area contributed by atoms with Crippen LogP contribution in [0.5, 0.6) is 0 Å². The molecule has 2 rings (SSSR count). The summed E-state index contributed by atoms with van der Waals surface area (Å²) in [6, 6.07) is 7.48. The second-order valence-corrected chi connectivity index (χ2v) is 5.95. The molecule has 1 amide bonds. The van der Waals surface area contributed by atoms with Gasteiger partial charge in [0.1, 0.15) is 0 Å². The molecule has 0 aromatic heterocycles. The van der Waals surface area contributed by atoms with Gasteiger partial charge >= 0.3 is 0 Å². The number of carbonyl (C=O) groups excluding carboxylic acids is 1. The van der Waals surface area contributed by atoms with E-state index in [1.54, 1.807) is 0 Å². The molecule has 1 aliphatic rings. The van der Waals surface area contributed by atoms with Crippen molar-refractivity contribution in [2.45, 2.75) is 6.42 Å². The van der Waals surface area contributed by atoms with E-state index in [-0.39, 0.29) is 18.3 Å². The fraction of sp³-hybridized carbons (Fsp3) is 0.500. The van der Waals surface area contributed by atoms with Gasteiger partial charge < -0.3 is 11.1 Å². The van der Waals surface area contributed by atoms with Crippen molar-refractivity contribution in [2.75, 3.05) is 43.4 Å². The van der Waals surface area contributed by atoms with Gasteiger partial charge in [0, 0.05) is 43.4 Å². The number of nitrogens with one attached hydrogen (secondary N) is 1. The minimum atomic E-state index is 0. The van der Waals surface area contributed by atoms with Gasteiger partial charge in [0.25, 0.3) is 0 Å². The first-order valence-corrected chi connectivity index (χ1v) is 7.81. The topological polar surface area (TPSA) is 58.4 Å². The predicted octanol–water partition coefficient (Wildman–Crippen LogP) is 1.40. The number of rotatable bonds is 5. The second kappa shape index (κ2) is 9.10. The summed E-state index contributed by atoms with van der Waals surface area (Å²) in [4.78, 5) is 14.2. The van der Waals surface area contributed by atoms with Crippen LogP contribution < -0.4 is 11.1 Å². The molecule has 0 saturated carbocycles. The van der Waals surface area contributed by atoms with Crippen LogP contribution in [0.4, 0.5) is 5.69 Å². The highest BCUT2D eigenvalue weighted by atomic mass is 35.5. The minimum absolute atomic E-state index is 0. The molecule has 6 heteroatoms. The highest BCUT2D eigenvalue weighted by molar-refractivity contribution is 7.99. The summed E-state index contributed by atoms with van der Waals surface area (Å²) in [6.07, 6.45) is 0.404. The molecule has 0 spiro atoms. The van der Waals surface area contributed by atoms with E-state index in [0.717, 1.165) is 31.7 Å². The quantitative estimate of drug-likeness (QED) is 0.806. The van der Waals surface area contributed by atoms with Gasteiger partial charge in [-0.3, -0.25) is 9.69 Å². The Labute approximate surface area is 130 Å². The smallest absolute Gasteiger partial charge is 0.224 e. The number of thioether (sulfide) groups is 1. The molecule has 0 atom stereocenters. The molecule has 0 radical (unpaired) electrons. The maximum atomic E-state index is 11.8. The average Bonchev–Trinajstić information content (AvgIpc) is 2.40. The van der Waals surface area contributed by atoms with Crippen molar-refractivity contribution in [2.24, 2.45) is 0 Å². The Morgan fingerprint density at radius 1 is 1.35 bits per heavy atom. The van der Waals surface area contributed by atoms with Gasteiger partial charge in [0.2, 0.25) is 5.91 Å². The number of nitrogens with zero attached hydrogens (tertiary/aromatic N) is 1. The molecule has 1 aromatic rings. The summed E-state index contributed by atoms with van der Waals surface area (Å²) in [6.45, 7) is 3.94. The molecule has 0 aliphatic carbocycles. The van der Waals surface area contributed by atoms with E-state index in [4.69, 9.17) is 5.73 Å². The van der Waals surface area contributed by atoms with Crippen LogP contribution in [0, 0.1) is 0 Å². The van der Waals surface area contributed by atoms with E-state index in [1.165, 1.54) is 11.5 Å². The molecule has 4 nitrogen and oxygen atoms in total. The third kappa shape index (κ3) is 6.03. The minimum Gasteiger partial charge on any atom is -0.399 e. The Morgan fingerprint density at radius 3 is 2.80 bits per heavy atom. The van der Waals surface area contributed by atoms with E-state index < -0.39 is 0 Å². The number of hydrogen-bond donors (Lipinski definition) is 2. The van der Waals surface area contributed by atoms with Crippen molar-refractivity contribution >= 4 is 35.8 Å². The molecule has 3 N–H and O–H groups in total. The van der Waals surface area contributed by atoms with Gasteiger partial charge in [-0.05, 0) is 17.7 Å². The van der Waals surface area contributed by atoms with Crippen molar-refractivity contribution in [1.29, 1.82) is 0 Å². The second-order valence-electron chi connectivity index (χ2n) is 4.73. The lowest BCUT2D eigenvalue weighted by Gasteiger charge is -2.25. The highest BCUT2D eigenvalue weighted by Crippen LogP contribution is 2.08. The van der Waals surface area contributed by atoms with E-state index >= 15 is 0 Å². The van der Waals surface area contributed by atoms with Gasteiger partial charge in [-0.25, -0.2) is 0 Å². The van der Waals surface area contributed by atoms with Crippen LogP contribution in [-0.2, 0) is 11.2 Å². The van der Waals surface area contributed by atoms with Crippen molar-refractivity contribution in [3.63, 3.8) is 0 Å². The number of amides is 1. The average molecular weight is 316 g/mol. The number of hydrogen-bond acceptors (Lipinski definition) is 4. The van der Waals surface area contributed by atoms with E-state index in [9.17, 15) is 4.79 Å². The van der Waals surface area contributed by atoms with Crippen LogP contribution in [0.25, 0.3) is 0 Å². The Hall–Kier alpha value is -0.910. The Bertz CT molecular complexity index is 425. The zero-order chi connectivity index (χ0) is 13.5. The van der Waals surface area contributed by atoms with Crippen molar-refractivity contribution in [3.05, 3.63) is 29.8 Å². The van der Waals surface area contributed by atoms with Crippen LogP contribution in [0.2, 0.25) is 0 Å². The molecule has 1 aromatic carbocycles. The van der Waals surface area contributed by atoms with Crippen LogP contribution >= 0.6 is 24.2 Å². The van der Waals surface area contributed by atoms with Crippen molar-refractivity contribution < 1.29 is 4.79 Å². The summed E-state index contributed by atoms with van der Waals surface area (Å²) in [5.41, 5.74) is 7.36. The fourth-order valence-electron chi connectivity index (χ4n) is 2.13. The number of nitrogens with two attached hydrogens (primary N) is 1. The van der Waals surface area contributed by atoms with Gasteiger partial charge in [-0.15, -0.1) is 12.4 Å². The van der Waals surface area contributed by atoms with Crippen molar-refractivity contribution in [3.8, 4) is 0 Å². The Kier molecular flexibility index (Phi) is 7.80. The molecule has 20 heavy (non-hydrogen) atoms. The molecule has 0 unspecified atom stereocenters. The lowest BCUT2D eigenvalue weighted by atomic mass is 10.1. The molecule has 1 saturated heterocycles. The maximum absolute atomic E-state index is 11.8. The zero-order valence-corrected chi connectivity index (χ0v) is 13.1. The summed E-state index contributed by atoms with van der Waals surface area (Å²) < 4.78 is 0. The van der Waals surface area contributed by atoms with E-state index in [0.29, 0.717) is 12.1 Å². The van der Waals surface area contributed by atoms with Crippen molar-refractivity contribution in [1.82, 2.24) is 10.2 Å². The van der Waals surface area contributed by atoms with Crippen LogP contribution in [0.3, 0.4) is 0 Å². The molecule has 1 heterocycles. The largest absolute Gasteiger partial charge is 0.399 e. The fourth-order valence-corrected chi connectivity index (χ4v) is 3.11. The van der Waals surface area contributed by atoms with E-state index in [2.05, 4.69) is 10.2 Å². The molecule has 112 valence electrons. The summed E-state index contributed by atoms with van der Waals surface area (Å²) >= 11 is 2.00. The normalized spacial score (nSPS) is 15.4. The van der Waals surface area contributed by atoms with Gasteiger partial charge in [0.15, 0.2) is 0 Å². The summed E-state index contributed by atoms with van der Waals surface area (Å²) in [7, 11) is 0. The molecular weight excluding hydrogens is 294 g/mol. The number of benzene rings is 1. The summed E-state index contributed by atoms with van der Waals surface area (Å²) in [5.74, 6) is 2.48. The highest BCUT2D eigenvalue weighted by Gasteiger charge is 2.10. The zero-order valence-electron chi connectivity index (χ0n) is 11.5. The third-order valence-electron chi connectivity index (χ3n) is 3.17. The standard InChI is InChI=1S/C14H21N3OS.ClH/c15-13-3-1-2-12(10-13)11-14(18)16-4-5-17-6-8-19-9-7-17;/h1-3,10H,4-9,11,15H2,(H,16,18);1H. The predicted molar refractivity (Wildman–Crippen MR) is 88.6 cm³/mol. The van der Waals surface area contributed by atoms with Gasteiger partial charge in [0.05, 0.1) is 6.42 Å². The van der Waals surface area contributed by atoms with Crippen LogP contribution in [0.1, 0.15) is 5.56 Å². The maximum Gasteiger partial charge on any atom is 0.224 e. The first-order chi connectivity index (χ1) is 9.24. The molecule has 0 bridgehead atoms. The number of carbonyl (C=O) groups is 1. The molecule has 1 aliphatic heterocycles. The number of anilines is 1.